The first kappa shape index (κ1) is 19.3. The van der Waals surface area contributed by atoms with Gasteiger partial charge in [0.25, 0.3) is 0 Å². The summed E-state index contributed by atoms with van der Waals surface area (Å²) in [6, 6.07) is 17.3. The number of nitrogens with one attached hydrogen (secondary N) is 2. The lowest BCUT2D eigenvalue weighted by Gasteiger charge is -2.31. The summed E-state index contributed by atoms with van der Waals surface area (Å²) in [5.41, 5.74) is 2.19. The van der Waals surface area contributed by atoms with Crippen LogP contribution >= 0.6 is 0 Å². The van der Waals surface area contributed by atoms with Crippen molar-refractivity contribution in [1.29, 1.82) is 0 Å². The summed E-state index contributed by atoms with van der Waals surface area (Å²) in [5.74, 6) is 0.178. The molecular formula is C20H26F2N2O. The normalized spacial score (nSPS) is 13.0. The number of halogens is 2. The van der Waals surface area contributed by atoms with Crippen molar-refractivity contribution in [3.05, 3.63) is 65.7 Å². The standard InChI is InChI=1S/C20H26F2N2O/c1-15(17-7-5-4-6-8-17)24-20(2,3)14-23-13-16-9-11-18(12-10-16)25-19(21)22/h4-12,15,19,23-24H,13-14H2,1-3H3. The highest BCUT2D eigenvalue weighted by atomic mass is 19.3. The lowest BCUT2D eigenvalue weighted by Crippen LogP contribution is -2.48. The molecule has 0 fully saturated rings. The maximum Gasteiger partial charge on any atom is 0.387 e. The summed E-state index contributed by atoms with van der Waals surface area (Å²) in [7, 11) is 0. The van der Waals surface area contributed by atoms with Gasteiger partial charge in [-0.15, -0.1) is 0 Å². The number of ether oxygens (including phenoxy) is 1. The SMILES string of the molecule is CC(NC(C)(C)CNCc1ccc(OC(F)F)cc1)c1ccccc1. The van der Waals surface area contributed by atoms with E-state index in [1.165, 1.54) is 5.56 Å². The lowest BCUT2D eigenvalue weighted by atomic mass is 10.0. The van der Waals surface area contributed by atoms with E-state index in [1.54, 1.807) is 24.3 Å². The predicted molar refractivity (Wildman–Crippen MR) is 96.9 cm³/mol. The maximum absolute atomic E-state index is 12.1. The second kappa shape index (κ2) is 8.92. The molecule has 0 saturated heterocycles. The molecule has 0 aromatic heterocycles. The molecule has 5 heteroatoms. The van der Waals surface area contributed by atoms with E-state index in [1.807, 2.05) is 18.2 Å². The van der Waals surface area contributed by atoms with Crippen LogP contribution in [-0.4, -0.2) is 18.7 Å². The molecule has 0 bridgehead atoms. The van der Waals surface area contributed by atoms with Crippen LogP contribution in [0.3, 0.4) is 0 Å². The Hall–Kier alpha value is -1.98. The smallest absolute Gasteiger partial charge is 0.387 e. The van der Waals surface area contributed by atoms with Gasteiger partial charge in [0.05, 0.1) is 0 Å². The van der Waals surface area contributed by atoms with Crippen LogP contribution < -0.4 is 15.4 Å². The molecule has 25 heavy (non-hydrogen) atoms. The van der Waals surface area contributed by atoms with Crippen molar-refractivity contribution < 1.29 is 13.5 Å². The predicted octanol–water partition coefficient (Wildman–Crippen LogP) is 4.51. The number of hydrogen-bond acceptors (Lipinski definition) is 3. The van der Waals surface area contributed by atoms with Crippen LogP contribution in [-0.2, 0) is 6.54 Å². The second-order valence-electron chi connectivity index (χ2n) is 6.79. The zero-order valence-corrected chi connectivity index (χ0v) is 14.9. The van der Waals surface area contributed by atoms with E-state index < -0.39 is 6.61 Å². The summed E-state index contributed by atoms with van der Waals surface area (Å²) in [6.07, 6.45) is 0. The van der Waals surface area contributed by atoms with Gasteiger partial charge in [0.15, 0.2) is 0 Å². The van der Waals surface area contributed by atoms with Gasteiger partial charge in [0.1, 0.15) is 5.75 Å². The average molecular weight is 348 g/mol. The molecule has 0 spiro atoms. The van der Waals surface area contributed by atoms with Crippen LogP contribution in [0.1, 0.15) is 37.9 Å². The first-order chi connectivity index (χ1) is 11.9. The third-order valence-corrected chi connectivity index (χ3v) is 3.95. The molecule has 1 atom stereocenters. The first-order valence-electron chi connectivity index (χ1n) is 8.43. The lowest BCUT2D eigenvalue weighted by molar-refractivity contribution is -0.0498. The Morgan fingerprint density at radius 2 is 1.64 bits per heavy atom. The minimum Gasteiger partial charge on any atom is -0.435 e. The Labute approximate surface area is 148 Å². The van der Waals surface area contributed by atoms with Crippen molar-refractivity contribution in [3.8, 4) is 5.75 Å². The van der Waals surface area contributed by atoms with Crippen molar-refractivity contribution in [2.45, 2.75) is 45.5 Å². The van der Waals surface area contributed by atoms with E-state index >= 15 is 0 Å². The Bertz CT molecular complexity index is 630. The zero-order valence-electron chi connectivity index (χ0n) is 14.9. The summed E-state index contributed by atoms with van der Waals surface area (Å²) >= 11 is 0. The topological polar surface area (TPSA) is 33.3 Å². The molecule has 0 aliphatic heterocycles. The van der Waals surface area contributed by atoms with E-state index in [2.05, 4.69) is 48.3 Å². The molecule has 3 nitrogen and oxygen atoms in total. The average Bonchev–Trinajstić information content (AvgIpc) is 2.56. The van der Waals surface area contributed by atoms with Crippen molar-refractivity contribution in [1.82, 2.24) is 10.6 Å². The van der Waals surface area contributed by atoms with E-state index in [0.717, 1.165) is 12.1 Å². The van der Waals surface area contributed by atoms with E-state index in [-0.39, 0.29) is 17.3 Å². The summed E-state index contributed by atoms with van der Waals surface area (Å²) in [5, 5.41) is 7.03. The van der Waals surface area contributed by atoms with Crippen LogP contribution in [0, 0.1) is 0 Å². The molecule has 2 rings (SSSR count). The fourth-order valence-electron chi connectivity index (χ4n) is 2.77. The van der Waals surface area contributed by atoms with Gasteiger partial charge < -0.3 is 15.4 Å². The van der Waals surface area contributed by atoms with Gasteiger partial charge in [-0.25, -0.2) is 0 Å². The summed E-state index contributed by atoms with van der Waals surface area (Å²) in [4.78, 5) is 0. The molecule has 0 aliphatic rings. The fourth-order valence-corrected chi connectivity index (χ4v) is 2.77. The van der Waals surface area contributed by atoms with Gasteiger partial charge in [0.2, 0.25) is 0 Å². The van der Waals surface area contributed by atoms with Gasteiger partial charge in [-0.2, -0.15) is 8.78 Å². The van der Waals surface area contributed by atoms with E-state index in [0.29, 0.717) is 6.54 Å². The number of benzene rings is 2. The third kappa shape index (κ3) is 6.80. The highest BCUT2D eigenvalue weighted by Crippen LogP contribution is 2.17. The molecule has 136 valence electrons. The van der Waals surface area contributed by atoms with Gasteiger partial charge in [-0.3, -0.25) is 0 Å². The molecule has 0 amide bonds. The third-order valence-electron chi connectivity index (χ3n) is 3.95. The number of rotatable bonds is 9. The van der Waals surface area contributed by atoms with Crippen molar-refractivity contribution in [3.63, 3.8) is 0 Å². The highest BCUT2D eigenvalue weighted by molar-refractivity contribution is 5.27. The molecular weight excluding hydrogens is 322 g/mol. The minimum absolute atomic E-state index is 0.0893. The highest BCUT2D eigenvalue weighted by Gasteiger charge is 2.20. The molecule has 0 heterocycles. The minimum atomic E-state index is -2.79. The van der Waals surface area contributed by atoms with Crippen molar-refractivity contribution >= 4 is 0 Å². The van der Waals surface area contributed by atoms with Crippen LogP contribution in [0.2, 0.25) is 0 Å². The molecule has 1 unspecified atom stereocenters. The van der Waals surface area contributed by atoms with Crippen LogP contribution in [0.15, 0.2) is 54.6 Å². The summed E-state index contributed by atoms with van der Waals surface area (Å²) < 4.78 is 28.6. The second-order valence-corrected chi connectivity index (χ2v) is 6.79. The van der Waals surface area contributed by atoms with Crippen LogP contribution in [0.4, 0.5) is 8.78 Å². The molecule has 0 radical (unpaired) electrons. The molecule has 2 N–H and O–H groups in total. The number of hydrogen-bond donors (Lipinski definition) is 2. The van der Waals surface area contributed by atoms with Crippen molar-refractivity contribution in [2.24, 2.45) is 0 Å². The van der Waals surface area contributed by atoms with Gasteiger partial charge in [-0.05, 0) is 44.0 Å². The van der Waals surface area contributed by atoms with Gasteiger partial charge in [-0.1, -0.05) is 42.5 Å². The monoisotopic (exact) mass is 348 g/mol. The van der Waals surface area contributed by atoms with E-state index in [9.17, 15) is 8.78 Å². The molecule has 2 aromatic rings. The van der Waals surface area contributed by atoms with Crippen LogP contribution in [0.25, 0.3) is 0 Å². The Morgan fingerprint density at radius 1 is 1.00 bits per heavy atom. The Kier molecular flexibility index (Phi) is 6.91. The number of alkyl halides is 2. The Balaban J connectivity index is 1.79. The zero-order chi connectivity index (χ0) is 18.3. The van der Waals surface area contributed by atoms with E-state index in [4.69, 9.17) is 0 Å². The van der Waals surface area contributed by atoms with Gasteiger partial charge >= 0.3 is 6.61 Å². The Morgan fingerprint density at radius 3 is 2.24 bits per heavy atom. The summed E-state index contributed by atoms with van der Waals surface area (Å²) in [6.45, 7) is 5.11. The van der Waals surface area contributed by atoms with Crippen molar-refractivity contribution in [2.75, 3.05) is 6.54 Å². The van der Waals surface area contributed by atoms with Gasteiger partial charge in [0, 0.05) is 24.7 Å². The molecule has 0 saturated carbocycles. The molecule has 2 aromatic carbocycles. The first-order valence-corrected chi connectivity index (χ1v) is 8.43. The largest absolute Gasteiger partial charge is 0.435 e. The quantitative estimate of drug-likeness (QED) is 0.700. The fraction of sp³-hybridized carbons (Fsp3) is 0.400. The maximum atomic E-state index is 12.1. The molecule has 0 aliphatic carbocycles. The van der Waals surface area contributed by atoms with Crippen LogP contribution in [0.5, 0.6) is 5.75 Å².